The molecular weight excluding hydrogens is 454 g/mol. The molecule has 2 amide bonds. The number of fused-ring (bicyclic) bond motifs is 2. The molecule has 0 aromatic heterocycles. The van der Waals surface area contributed by atoms with Gasteiger partial charge in [-0.15, -0.1) is 0 Å². The summed E-state index contributed by atoms with van der Waals surface area (Å²) in [5.74, 6) is -0.241. The molecule has 2 atom stereocenters. The maximum absolute atomic E-state index is 13.6. The Morgan fingerprint density at radius 3 is 2.58 bits per heavy atom. The molecule has 31 heavy (non-hydrogen) atoms. The molecule has 0 radical (unpaired) electrons. The fraction of sp³-hybridized carbons (Fsp3) is 0.280. The summed E-state index contributed by atoms with van der Waals surface area (Å²) in [5.41, 5.74) is 3.10. The van der Waals surface area contributed by atoms with Crippen LogP contribution in [0.4, 0.5) is 5.69 Å². The van der Waals surface area contributed by atoms with Crippen molar-refractivity contribution in [1.82, 2.24) is 10.6 Å². The van der Waals surface area contributed by atoms with Gasteiger partial charge < -0.3 is 15.5 Å². The molecule has 4 rings (SSSR count). The van der Waals surface area contributed by atoms with Gasteiger partial charge in [0.25, 0.3) is 0 Å². The molecule has 1 aliphatic heterocycles. The van der Waals surface area contributed by atoms with Crippen molar-refractivity contribution >= 4 is 44.2 Å². The van der Waals surface area contributed by atoms with E-state index in [1.165, 1.54) is 0 Å². The first kappa shape index (κ1) is 21.5. The Kier molecular flexibility index (Phi) is 6.39. The largest absolute Gasteiger partial charge is 0.343 e. The molecule has 0 spiro atoms. The Morgan fingerprint density at radius 2 is 1.81 bits per heavy atom. The van der Waals surface area contributed by atoms with E-state index in [4.69, 9.17) is 0 Å². The lowest BCUT2D eigenvalue weighted by Crippen LogP contribution is -2.52. The quantitative estimate of drug-likeness (QED) is 0.576. The molecule has 1 heterocycles. The molecule has 0 aliphatic carbocycles. The van der Waals surface area contributed by atoms with Crippen molar-refractivity contribution in [2.24, 2.45) is 0 Å². The number of para-hydroxylation sites is 1. The molecule has 3 aromatic carbocycles. The normalized spacial score (nSPS) is 17.2. The van der Waals surface area contributed by atoms with Crippen LogP contribution in [0.25, 0.3) is 10.8 Å². The van der Waals surface area contributed by atoms with Gasteiger partial charge in [0.05, 0.1) is 12.6 Å². The summed E-state index contributed by atoms with van der Waals surface area (Å²) in [6.07, 6.45) is 1.31. The van der Waals surface area contributed by atoms with Gasteiger partial charge in [-0.05, 0) is 60.8 Å². The molecule has 1 unspecified atom stereocenters. The zero-order chi connectivity index (χ0) is 22.0. The average Bonchev–Trinajstić information content (AvgIpc) is 2.92. The first-order valence-electron chi connectivity index (χ1n) is 10.5. The summed E-state index contributed by atoms with van der Waals surface area (Å²) in [6, 6.07) is 19.4. The van der Waals surface area contributed by atoms with Crippen LogP contribution in [-0.4, -0.2) is 30.9 Å². The van der Waals surface area contributed by atoms with E-state index < -0.39 is 6.04 Å². The van der Waals surface area contributed by atoms with Crippen molar-refractivity contribution in [1.29, 1.82) is 0 Å². The summed E-state index contributed by atoms with van der Waals surface area (Å²) in [4.78, 5) is 28.0. The van der Waals surface area contributed by atoms with E-state index in [0.717, 1.165) is 38.5 Å². The van der Waals surface area contributed by atoms with Gasteiger partial charge in [-0.25, -0.2) is 0 Å². The zero-order valence-electron chi connectivity index (χ0n) is 17.7. The van der Waals surface area contributed by atoms with Crippen molar-refractivity contribution in [3.8, 4) is 0 Å². The number of hydrogen-bond acceptors (Lipinski definition) is 3. The van der Waals surface area contributed by atoms with Gasteiger partial charge in [-0.1, -0.05) is 64.5 Å². The van der Waals surface area contributed by atoms with Crippen LogP contribution in [0.2, 0.25) is 0 Å². The van der Waals surface area contributed by atoms with Gasteiger partial charge in [0.2, 0.25) is 11.8 Å². The summed E-state index contributed by atoms with van der Waals surface area (Å²) in [6.45, 7) is 2.23. The molecular formula is C25H26BrN3O2. The van der Waals surface area contributed by atoms with Crippen LogP contribution in [0, 0.1) is 0 Å². The van der Waals surface area contributed by atoms with Gasteiger partial charge in [0.1, 0.15) is 6.04 Å². The van der Waals surface area contributed by atoms with Crippen LogP contribution in [0.1, 0.15) is 24.5 Å². The highest BCUT2D eigenvalue weighted by Gasteiger charge is 2.32. The molecule has 5 nitrogen and oxygen atoms in total. The lowest BCUT2D eigenvalue weighted by molar-refractivity contribution is -0.128. The second-order valence-electron chi connectivity index (χ2n) is 7.92. The molecule has 0 saturated heterocycles. The SMILES string of the molecule is CNC(C)C(=O)N[C@H]1CCc2ccccc2N(Cc2ccc(Br)c3ccccc23)C1=O. The fourth-order valence-corrected chi connectivity index (χ4v) is 4.55. The van der Waals surface area contributed by atoms with E-state index in [1.807, 2.05) is 41.3 Å². The lowest BCUT2D eigenvalue weighted by atomic mass is 10.0. The Labute approximate surface area is 190 Å². The van der Waals surface area contributed by atoms with Crippen molar-refractivity contribution in [2.75, 3.05) is 11.9 Å². The number of carbonyl (C=O) groups is 2. The van der Waals surface area contributed by atoms with Gasteiger partial charge in [-0.2, -0.15) is 0 Å². The minimum Gasteiger partial charge on any atom is -0.343 e. The van der Waals surface area contributed by atoms with Gasteiger partial charge >= 0.3 is 0 Å². The van der Waals surface area contributed by atoms with Gasteiger partial charge in [0, 0.05) is 10.2 Å². The van der Waals surface area contributed by atoms with E-state index in [9.17, 15) is 9.59 Å². The highest BCUT2D eigenvalue weighted by atomic mass is 79.9. The summed E-state index contributed by atoms with van der Waals surface area (Å²) < 4.78 is 1.03. The van der Waals surface area contributed by atoms with E-state index in [2.05, 4.69) is 50.8 Å². The van der Waals surface area contributed by atoms with Gasteiger partial charge in [0.15, 0.2) is 0 Å². The smallest absolute Gasteiger partial charge is 0.249 e. The van der Waals surface area contributed by atoms with E-state index >= 15 is 0 Å². The first-order chi connectivity index (χ1) is 15.0. The predicted octanol–water partition coefficient (Wildman–Crippen LogP) is 4.17. The van der Waals surface area contributed by atoms with Crippen LogP contribution in [0.3, 0.4) is 0 Å². The van der Waals surface area contributed by atoms with Crippen molar-refractivity contribution in [2.45, 2.75) is 38.4 Å². The van der Waals surface area contributed by atoms with Gasteiger partial charge in [-0.3, -0.25) is 9.59 Å². The topological polar surface area (TPSA) is 61.4 Å². The molecule has 3 aromatic rings. The monoisotopic (exact) mass is 479 g/mol. The highest BCUT2D eigenvalue weighted by Crippen LogP contribution is 2.32. The number of nitrogens with zero attached hydrogens (tertiary/aromatic N) is 1. The third-order valence-corrected chi connectivity index (χ3v) is 6.67. The number of likely N-dealkylation sites (N-methyl/N-ethyl adjacent to an activating group) is 1. The number of anilines is 1. The lowest BCUT2D eigenvalue weighted by Gasteiger charge is -2.27. The number of rotatable bonds is 5. The number of aryl methyl sites for hydroxylation is 1. The Morgan fingerprint density at radius 1 is 1.10 bits per heavy atom. The minimum atomic E-state index is -0.558. The molecule has 0 saturated carbocycles. The maximum atomic E-state index is 13.6. The molecule has 0 fully saturated rings. The number of hydrogen-bond donors (Lipinski definition) is 2. The maximum Gasteiger partial charge on any atom is 0.249 e. The third kappa shape index (κ3) is 4.36. The number of nitrogens with one attached hydrogen (secondary N) is 2. The second kappa shape index (κ2) is 9.20. The van der Waals surface area contributed by atoms with Crippen LogP contribution in [0.15, 0.2) is 65.1 Å². The standard InChI is InChI=1S/C25H26BrN3O2/c1-16(27-2)24(30)28-22-14-12-17-7-3-6-10-23(17)29(25(22)31)15-18-11-13-21(26)20-9-5-4-8-19(18)20/h3-11,13,16,22,27H,12,14-15H2,1-2H3,(H,28,30)/t16?,22-/m0/s1. The summed E-state index contributed by atoms with van der Waals surface area (Å²) >= 11 is 3.63. The van der Waals surface area contributed by atoms with Crippen molar-refractivity contribution in [3.63, 3.8) is 0 Å². The van der Waals surface area contributed by atoms with Crippen molar-refractivity contribution in [3.05, 3.63) is 76.3 Å². The third-order valence-electron chi connectivity index (χ3n) is 5.98. The van der Waals surface area contributed by atoms with E-state index in [0.29, 0.717) is 13.0 Å². The molecule has 1 aliphatic rings. The van der Waals surface area contributed by atoms with Crippen LogP contribution < -0.4 is 15.5 Å². The Balaban J connectivity index is 1.72. The molecule has 2 N–H and O–H groups in total. The second-order valence-corrected chi connectivity index (χ2v) is 8.77. The number of carbonyl (C=O) groups excluding carboxylic acids is 2. The van der Waals surface area contributed by atoms with Crippen molar-refractivity contribution < 1.29 is 9.59 Å². The number of amides is 2. The van der Waals surface area contributed by atoms with Crippen LogP contribution >= 0.6 is 15.9 Å². The Hall–Kier alpha value is -2.70. The minimum absolute atomic E-state index is 0.0754. The average molecular weight is 480 g/mol. The number of benzene rings is 3. The fourth-order valence-electron chi connectivity index (χ4n) is 4.07. The highest BCUT2D eigenvalue weighted by molar-refractivity contribution is 9.10. The molecule has 160 valence electrons. The summed E-state index contributed by atoms with van der Waals surface area (Å²) in [7, 11) is 1.74. The first-order valence-corrected chi connectivity index (χ1v) is 11.3. The predicted molar refractivity (Wildman–Crippen MR) is 128 cm³/mol. The Bertz CT molecular complexity index is 1130. The number of halogens is 1. The molecule has 0 bridgehead atoms. The van der Waals surface area contributed by atoms with Crippen LogP contribution in [-0.2, 0) is 22.6 Å². The van der Waals surface area contributed by atoms with E-state index in [1.54, 1.807) is 14.0 Å². The van der Waals surface area contributed by atoms with Crippen LogP contribution in [0.5, 0.6) is 0 Å². The summed E-state index contributed by atoms with van der Waals surface area (Å²) in [5, 5.41) is 8.11. The molecule has 6 heteroatoms. The zero-order valence-corrected chi connectivity index (χ0v) is 19.3. The van der Waals surface area contributed by atoms with E-state index in [-0.39, 0.29) is 17.9 Å².